The van der Waals surface area contributed by atoms with Crippen LogP contribution in [0.2, 0.25) is 5.02 Å². The van der Waals surface area contributed by atoms with Crippen LogP contribution in [0.15, 0.2) is 42.6 Å². The predicted octanol–water partition coefficient (Wildman–Crippen LogP) is 4.47. The van der Waals surface area contributed by atoms with Crippen LogP contribution < -0.4 is 5.32 Å². The quantitative estimate of drug-likeness (QED) is 0.653. The third-order valence-electron chi connectivity index (χ3n) is 5.74. The molecule has 2 N–H and O–H groups in total. The zero-order chi connectivity index (χ0) is 20.5. The van der Waals surface area contributed by atoms with Crippen molar-refractivity contribution in [3.05, 3.63) is 64.3 Å². The molecule has 1 saturated heterocycles. The topological polar surface area (TPSA) is 65.2 Å². The van der Waals surface area contributed by atoms with Crippen molar-refractivity contribution in [2.75, 3.05) is 18.4 Å². The maximum Gasteiger partial charge on any atom is 0.229 e. The molecule has 5 nitrogen and oxygen atoms in total. The number of likely N-dealkylation sites (tertiary alicyclic amines) is 1. The van der Waals surface area contributed by atoms with Gasteiger partial charge >= 0.3 is 0 Å². The van der Waals surface area contributed by atoms with Gasteiger partial charge in [0.2, 0.25) is 11.8 Å². The van der Waals surface area contributed by atoms with Crippen LogP contribution >= 0.6 is 11.6 Å². The highest BCUT2D eigenvalue weighted by atomic mass is 35.5. The van der Waals surface area contributed by atoms with Gasteiger partial charge in [-0.05, 0) is 67.3 Å². The number of carbonyl (C=O) groups excluding carboxylic acids is 2. The van der Waals surface area contributed by atoms with Crippen molar-refractivity contribution in [3.63, 3.8) is 0 Å². The number of hydrogen-bond acceptors (Lipinski definition) is 2. The van der Waals surface area contributed by atoms with E-state index in [1.165, 1.54) is 5.56 Å². The average Bonchev–Trinajstić information content (AvgIpc) is 3.26. The normalized spacial score (nSPS) is 16.6. The summed E-state index contributed by atoms with van der Waals surface area (Å²) in [6.45, 7) is 5.10. The molecule has 29 heavy (non-hydrogen) atoms. The molecular weight excluding hydrogens is 386 g/mol. The average molecular weight is 410 g/mol. The number of hydrogen-bond donors (Lipinski definition) is 2. The Morgan fingerprint density at radius 3 is 2.83 bits per heavy atom. The third-order valence-corrected chi connectivity index (χ3v) is 5.98. The molecule has 150 valence electrons. The van der Waals surface area contributed by atoms with Crippen molar-refractivity contribution in [1.82, 2.24) is 9.88 Å². The molecule has 1 aromatic heterocycles. The summed E-state index contributed by atoms with van der Waals surface area (Å²) in [6.07, 6.45) is 2.94. The van der Waals surface area contributed by atoms with Gasteiger partial charge in [-0.1, -0.05) is 17.7 Å². The number of carbonyl (C=O) groups is 2. The van der Waals surface area contributed by atoms with E-state index in [9.17, 15) is 9.59 Å². The fourth-order valence-corrected chi connectivity index (χ4v) is 4.01. The molecule has 0 saturated carbocycles. The fourth-order valence-electron chi connectivity index (χ4n) is 3.84. The molecule has 6 heteroatoms. The minimum Gasteiger partial charge on any atom is -0.361 e. The van der Waals surface area contributed by atoms with Crippen LogP contribution in [0.3, 0.4) is 0 Å². The number of fused-ring (bicyclic) bond motifs is 1. The summed E-state index contributed by atoms with van der Waals surface area (Å²) in [6, 6.07) is 11.6. The second-order valence-electron chi connectivity index (χ2n) is 7.78. The first-order valence-electron chi connectivity index (χ1n) is 9.82. The number of nitrogens with zero attached hydrogens (tertiary/aromatic N) is 1. The minimum absolute atomic E-state index is 0.0307. The molecule has 4 rings (SSSR count). The van der Waals surface area contributed by atoms with Crippen LogP contribution in [-0.4, -0.2) is 34.8 Å². The molecule has 0 radical (unpaired) electrons. The molecule has 0 spiro atoms. The van der Waals surface area contributed by atoms with Gasteiger partial charge in [0.25, 0.3) is 0 Å². The van der Waals surface area contributed by atoms with Gasteiger partial charge < -0.3 is 15.2 Å². The fraction of sp³-hybridized carbons (Fsp3) is 0.304. The molecule has 3 aromatic rings. The summed E-state index contributed by atoms with van der Waals surface area (Å²) in [5, 5.41) is 4.73. The molecular formula is C23H24ClN3O2. The smallest absolute Gasteiger partial charge is 0.229 e. The first-order chi connectivity index (χ1) is 13.9. The summed E-state index contributed by atoms with van der Waals surface area (Å²) in [5.41, 5.74) is 5.25. The zero-order valence-corrected chi connectivity index (χ0v) is 17.3. The molecule has 0 aliphatic carbocycles. The third kappa shape index (κ3) is 4.15. The van der Waals surface area contributed by atoms with Crippen LogP contribution in [0.25, 0.3) is 10.9 Å². The van der Waals surface area contributed by atoms with E-state index in [-0.39, 0.29) is 24.2 Å². The Morgan fingerprint density at radius 1 is 1.21 bits per heavy atom. The van der Waals surface area contributed by atoms with Crippen molar-refractivity contribution in [2.45, 2.75) is 26.7 Å². The SMILES string of the molecule is Cc1ccc(NC(=O)[C@@H]2CC(=O)N(CCc3c[nH]c4ccc(Cl)cc34)C2)cc1C. The Morgan fingerprint density at radius 2 is 2.03 bits per heavy atom. The highest BCUT2D eigenvalue weighted by Crippen LogP contribution is 2.25. The van der Waals surface area contributed by atoms with E-state index < -0.39 is 0 Å². The first-order valence-corrected chi connectivity index (χ1v) is 10.2. The van der Waals surface area contributed by atoms with Gasteiger partial charge in [-0.2, -0.15) is 0 Å². The van der Waals surface area contributed by atoms with E-state index in [1.54, 1.807) is 4.90 Å². The monoisotopic (exact) mass is 409 g/mol. The van der Waals surface area contributed by atoms with E-state index in [4.69, 9.17) is 11.6 Å². The number of amides is 2. The number of nitrogens with one attached hydrogen (secondary N) is 2. The van der Waals surface area contributed by atoms with E-state index in [2.05, 4.69) is 10.3 Å². The van der Waals surface area contributed by atoms with Crippen LogP contribution in [-0.2, 0) is 16.0 Å². The van der Waals surface area contributed by atoms with Gasteiger partial charge in [-0.15, -0.1) is 0 Å². The zero-order valence-electron chi connectivity index (χ0n) is 16.6. The van der Waals surface area contributed by atoms with E-state index in [0.29, 0.717) is 18.1 Å². The van der Waals surface area contributed by atoms with Crippen molar-refractivity contribution >= 4 is 40.0 Å². The molecule has 2 heterocycles. The van der Waals surface area contributed by atoms with Gasteiger partial charge in [0, 0.05) is 47.3 Å². The largest absolute Gasteiger partial charge is 0.361 e. The van der Waals surface area contributed by atoms with Gasteiger partial charge in [0.15, 0.2) is 0 Å². The number of halogens is 1. The summed E-state index contributed by atoms with van der Waals surface area (Å²) in [5.74, 6) is -0.382. The van der Waals surface area contributed by atoms with Crippen molar-refractivity contribution in [1.29, 1.82) is 0 Å². The molecule has 2 amide bonds. The first kappa shape index (κ1) is 19.5. The lowest BCUT2D eigenvalue weighted by Crippen LogP contribution is -2.30. The van der Waals surface area contributed by atoms with Crippen LogP contribution in [0, 0.1) is 19.8 Å². The lowest BCUT2D eigenvalue weighted by Gasteiger charge is -2.16. The number of aromatic amines is 1. The second-order valence-corrected chi connectivity index (χ2v) is 8.22. The van der Waals surface area contributed by atoms with Crippen LogP contribution in [0.4, 0.5) is 5.69 Å². The minimum atomic E-state index is -0.318. The standard InChI is InChI=1S/C23H24ClN3O2/c1-14-3-5-19(9-15(14)2)26-23(29)17-10-22(28)27(13-17)8-7-16-12-25-21-6-4-18(24)11-20(16)21/h3-6,9,11-12,17,25H,7-8,10,13H2,1-2H3,(H,26,29)/t17-/m1/s1. The molecule has 1 atom stereocenters. The highest BCUT2D eigenvalue weighted by Gasteiger charge is 2.34. The Kier molecular flexibility index (Phi) is 5.33. The Balaban J connectivity index is 1.37. The van der Waals surface area contributed by atoms with E-state index in [0.717, 1.165) is 34.1 Å². The molecule has 1 fully saturated rings. The number of aryl methyl sites for hydroxylation is 2. The van der Waals surface area contributed by atoms with Gasteiger partial charge in [-0.25, -0.2) is 0 Å². The Bertz CT molecular complexity index is 1090. The maximum atomic E-state index is 12.6. The van der Waals surface area contributed by atoms with Crippen molar-refractivity contribution in [3.8, 4) is 0 Å². The van der Waals surface area contributed by atoms with Gasteiger partial charge in [-0.3, -0.25) is 9.59 Å². The molecule has 1 aliphatic rings. The predicted molar refractivity (Wildman–Crippen MR) is 116 cm³/mol. The van der Waals surface area contributed by atoms with Crippen molar-refractivity contribution in [2.24, 2.45) is 5.92 Å². The molecule has 2 aromatic carbocycles. The molecule has 1 aliphatic heterocycles. The number of H-pyrrole nitrogens is 1. The Labute approximate surface area is 175 Å². The summed E-state index contributed by atoms with van der Waals surface area (Å²) in [4.78, 5) is 30.1. The lowest BCUT2D eigenvalue weighted by molar-refractivity contribution is -0.128. The van der Waals surface area contributed by atoms with E-state index in [1.807, 2.05) is 56.4 Å². The van der Waals surface area contributed by atoms with Crippen molar-refractivity contribution < 1.29 is 9.59 Å². The summed E-state index contributed by atoms with van der Waals surface area (Å²) in [7, 11) is 0. The lowest BCUT2D eigenvalue weighted by atomic mass is 10.1. The maximum absolute atomic E-state index is 12.6. The molecule has 0 bridgehead atoms. The number of rotatable bonds is 5. The van der Waals surface area contributed by atoms with Crippen LogP contribution in [0.5, 0.6) is 0 Å². The van der Waals surface area contributed by atoms with Gasteiger partial charge in [0.05, 0.1) is 5.92 Å². The second kappa shape index (κ2) is 7.91. The highest BCUT2D eigenvalue weighted by molar-refractivity contribution is 6.31. The Hall–Kier alpha value is -2.79. The summed E-state index contributed by atoms with van der Waals surface area (Å²) >= 11 is 6.11. The number of aromatic nitrogens is 1. The van der Waals surface area contributed by atoms with E-state index >= 15 is 0 Å². The number of anilines is 1. The summed E-state index contributed by atoms with van der Waals surface area (Å²) < 4.78 is 0. The molecule has 0 unspecified atom stereocenters. The number of benzene rings is 2. The van der Waals surface area contributed by atoms with Crippen LogP contribution in [0.1, 0.15) is 23.1 Å². The van der Waals surface area contributed by atoms with Gasteiger partial charge in [0.1, 0.15) is 0 Å².